The lowest BCUT2D eigenvalue weighted by Crippen LogP contribution is -2.42. The molecule has 2 atom stereocenters. The second-order valence-corrected chi connectivity index (χ2v) is 9.15. The molecule has 2 aromatic heterocycles. The largest absolute Gasteiger partial charge is 0.423 e. The Morgan fingerprint density at radius 2 is 1.70 bits per heavy atom. The predicted octanol–water partition coefficient (Wildman–Crippen LogP) is 4.63. The van der Waals surface area contributed by atoms with Crippen molar-refractivity contribution < 1.29 is 39.9 Å². The number of benzene rings is 1. The van der Waals surface area contributed by atoms with Crippen LogP contribution in [0.5, 0.6) is 0 Å². The number of nitrogens with one attached hydrogen (secondary N) is 2. The number of alkyl halides is 7. The fraction of sp³-hybridized carbons (Fsp3) is 0.375. The molecule has 214 valence electrons. The third-order valence-corrected chi connectivity index (χ3v) is 6.15. The number of anilines is 1. The van der Waals surface area contributed by atoms with Gasteiger partial charge in [-0.1, -0.05) is 0 Å². The standard InChI is InChI=1S/C24H20F8N6O2/c1-11(36-18-9-35-37-21(39)19(18)24(30,31)32)4-14(25)10-38-3-2-12-5-16(17(26)6-15(12)22(38)40)20-33-7-13(8-34-20)23(27,28)29/h5-9,11,14H,2-4,10H2,1H3,(H2,36,37,39). The number of aromatic nitrogens is 4. The Bertz CT molecular complexity index is 1460. The van der Waals surface area contributed by atoms with Gasteiger partial charge in [-0.3, -0.25) is 9.59 Å². The van der Waals surface area contributed by atoms with Gasteiger partial charge in [-0.05, 0) is 31.0 Å². The van der Waals surface area contributed by atoms with Crippen molar-refractivity contribution in [3.05, 3.63) is 69.1 Å². The number of nitrogens with zero attached hydrogens (tertiary/aromatic N) is 4. The van der Waals surface area contributed by atoms with Gasteiger partial charge in [0, 0.05) is 37.0 Å². The zero-order chi connectivity index (χ0) is 29.4. The molecule has 0 spiro atoms. The van der Waals surface area contributed by atoms with Crippen LogP contribution in [0.4, 0.5) is 40.8 Å². The number of amides is 1. The Balaban J connectivity index is 1.43. The SMILES string of the molecule is CC(CC(F)CN1CCc2cc(-c3ncc(C(F)(F)F)cn3)c(F)cc2C1=O)Nc1cn[nH]c(=O)c1C(F)(F)F. The molecule has 0 radical (unpaired) electrons. The smallest absolute Gasteiger partial charge is 0.381 e. The maximum Gasteiger partial charge on any atom is 0.423 e. The first-order valence-electron chi connectivity index (χ1n) is 11.7. The average molecular weight is 576 g/mol. The summed E-state index contributed by atoms with van der Waals surface area (Å²) in [6.45, 7) is 0.986. The van der Waals surface area contributed by atoms with Crippen molar-refractivity contribution in [2.24, 2.45) is 0 Å². The Hall–Kier alpha value is -4.11. The highest BCUT2D eigenvalue weighted by Gasteiger charge is 2.38. The van der Waals surface area contributed by atoms with Crippen LogP contribution in [0.25, 0.3) is 11.4 Å². The van der Waals surface area contributed by atoms with Gasteiger partial charge >= 0.3 is 12.4 Å². The van der Waals surface area contributed by atoms with Crippen molar-refractivity contribution in [1.82, 2.24) is 25.1 Å². The highest BCUT2D eigenvalue weighted by atomic mass is 19.4. The minimum Gasteiger partial charge on any atom is -0.381 e. The molecule has 1 aromatic carbocycles. The Labute approximate surface area is 220 Å². The zero-order valence-electron chi connectivity index (χ0n) is 20.5. The lowest BCUT2D eigenvalue weighted by Gasteiger charge is -2.30. The summed E-state index contributed by atoms with van der Waals surface area (Å²) in [6, 6.07) is 1.25. The van der Waals surface area contributed by atoms with E-state index in [0.717, 1.165) is 17.2 Å². The van der Waals surface area contributed by atoms with Crippen LogP contribution in [0.3, 0.4) is 0 Å². The molecule has 1 amide bonds. The molecule has 4 rings (SSSR count). The number of rotatable bonds is 7. The molecule has 0 aliphatic carbocycles. The first-order chi connectivity index (χ1) is 18.6. The molecule has 1 aliphatic rings. The third kappa shape index (κ3) is 6.20. The summed E-state index contributed by atoms with van der Waals surface area (Å²) >= 11 is 0. The molecule has 0 saturated carbocycles. The van der Waals surface area contributed by atoms with E-state index < -0.39 is 65.2 Å². The number of hydrogen-bond donors (Lipinski definition) is 2. The van der Waals surface area contributed by atoms with Gasteiger partial charge in [-0.25, -0.2) is 23.8 Å². The van der Waals surface area contributed by atoms with Crippen molar-refractivity contribution >= 4 is 11.6 Å². The van der Waals surface area contributed by atoms with Crippen molar-refractivity contribution in [1.29, 1.82) is 0 Å². The van der Waals surface area contributed by atoms with Crippen molar-refractivity contribution in [2.75, 3.05) is 18.4 Å². The Morgan fingerprint density at radius 3 is 2.33 bits per heavy atom. The molecule has 3 heterocycles. The number of hydrogen-bond acceptors (Lipinski definition) is 6. The molecule has 0 bridgehead atoms. The summed E-state index contributed by atoms with van der Waals surface area (Å²) in [7, 11) is 0. The number of carbonyl (C=O) groups excluding carboxylic acids is 1. The minimum absolute atomic E-state index is 0.0310. The van der Waals surface area contributed by atoms with Crippen LogP contribution in [0.15, 0.2) is 35.5 Å². The average Bonchev–Trinajstić information content (AvgIpc) is 2.84. The molecule has 16 heteroatoms. The quantitative estimate of drug-likeness (QED) is 0.398. The fourth-order valence-corrected chi connectivity index (χ4v) is 4.32. The number of fused-ring (bicyclic) bond motifs is 1. The van der Waals surface area contributed by atoms with E-state index >= 15 is 0 Å². The number of halogens is 8. The van der Waals surface area contributed by atoms with E-state index in [2.05, 4.69) is 20.4 Å². The molecular weight excluding hydrogens is 556 g/mol. The molecular formula is C24H20F8N6O2. The summed E-state index contributed by atoms with van der Waals surface area (Å²) in [5, 5.41) is 7.45. The van der Waals surface area contributed by atoms with Gasteiger partial charge in [-0.15, -0.1) is 0 Å². The summed E-state index contributed by atoms with van der Waals surface area (Å²) in [5.41, 5.74) is -4.60. The molecule has 0 fully saturated rings. The number of aromatic amines is 1. The molecule has 2 unspecified atom stereocenters. The van der Waals surface area contributed by atoms with Gasteiger partial charge in [0.05, 0.1) is 29.6 Å². The molecule has 2 N–H and O–H groups in total. The lowest BCUT2D eigenvalue weighted by atomic mass is 9.95. The van der Waals surface area contributed by atoms with Crippen LogP contribution < -0.4 is 10.9 Å². The topological polar surface area (TPSA) is 104 Å². The molecule has 40 heavy (non-hydrogen) atoms. The maximum atomic E-state index is 14.9. The van der Waals surface area contributed by atoms with Crippen LogP contribution >= 0.6 is 0 Å². The molecule has 3 aromatic rings. The van der Waals surface area contributed by atoms with E-state index in [1.165, 1.54) is 13.0 Å². The van der Waals surface area contributed by atoms with E-state index in [4.69, 9.17) is 0 Å². The Kier molecular flexibility index (Phi) is 7.81. The lowest BCUT2D eigenvalue weighted by molar-refractivity contribution is -0.139. The fourth-order valence-electron chi connectivity index (χ4n) is 4.32. The van der Waals surface area contributed by atoms with Gasteiger partial charge in [0.15, 0.2) is 5.82 Å². The zero-order valence-corrected chi connectivity index (χ0v) is 20.5. The van der Waals surface area contributed by atoms with Crippen molar-refractivity contribution in [3.63, 3.8) is 0 Å². The van der Waals surface area contributed by atoms with E-state index in [-0.39, 0.29) is 36.3 Å². The number of carbonyl (C=O) groups is 1. The van der Waals surface area contributed by atoms with E-state index in [9.17, 15) is 44.7 Å². The highest BCUT2D eigenvalue weighted by Crippen LogP contribution is 2.33. The van der Waals surface area contributed by atoms with Gasteiger partial charge in [0.2, 0.25) is 0 Å². The van der Waals surface area contributed by atoms with E-state index in [1.807, 2.05) is 0 Å². The Morgan fingerprint density at radius 1 is 1.02 bits per heavy atom. The predicted molar refractivity (Wildman–Crippen MR) is 124 cm³/mol. The summed E-state index contributed by atoms with van der Waals surface area (Å²) in [4.78, 5) is 32.8. The van der Waals surface area contributed by atoms with E-state index in [0.29, 0.717) is 18.0 Å². The molecule has 1 aliphatic heterocycles. The van der Waals surface area contributed by atoms with E-state index in [1.54, 1.807) is 5.10 Å². The second-order valence-electron chi connectivity index (χ2n) is 9.15. The summed E-state index contributed by atoms with van der Waals surface area (Å²) in [5.74, 6) is -1.96. The first-order valence-corrected chi connectivity index (χ1v) is 11.7. The van der Waals surface area contributed by atoms with Gasteiger partial charge in [0.1, 0.15) is 17.6 Å². The van der Waals surface area contributed by atoms with Crippen LogP contribution in [0.1, 0.15) is 40.4 Å². The van der Waals surface area contributed by atoms with Gasteiger partial charge in [0.25, 0.3) is 11.5 Å². The summed E-state index contributed by atoms with van der Waals surface area (Å²) in [6.07, 6.45) is -9.71. The van der Waals surface area contributed by atoms with Gasteiger partial charge < -0.3 is 10.2 Å². The third-order valence-electron chi connectivity index (χ3n) is 6.15. The van der Waals surface area contributed by atoms with Crippen LogP contribution in [0.2, 0.25) is 0 Å². The second kappa shape index (κ2) is 10.8. The van der Waals surface area contributed by atoms with Crippen molar-refractivity contribution in [2.45, 2.75) is 44.3 Å². The number of H-pyrrole nitrogens is 1. The van der Waals surface area contributed by atoms with Gasteiger partial charge in [-0.2, -0.15) is 31.4 Å². The minimum atomic E-state index is -4.98. The molecule has 8 nitrogen and oxygen atoms in total. The van der Waals surface area contributed by atoms with Crippen LogP contribution in [0, 0.1) is 5.82 Å². The first kappa shape index (κ1) is 28.9. The van der Waals surface area contributed by atoms with Crippen LogP contribution in [-0.2, 0) is 18.8 Å². The highest BCUT2D eigenvalue weighted by molar-refractivity contribution is 5.97. The normalized spacial score (nSPS) is 15.5. The maximum absolute atomic E-state index is 14.9. The molecule has 0 saturated heterocycles. The van der Waals surface area contributed by atoms with Crippen molar-refractivity contribution in [3.8, 4) is 11.4 Å². The monoisotopic (exact) mass is 576 g/mol. The van der Waals surface area contributed by atoms with Crippen LogP contribution in [-0.4, -0.2) is 56.3 Å². The summed E-state index contributed by atoms with van der Waals surface area (Å²) < 4.78 is 108.